The molecule has 6 heteroatoms. The van der Waals surface area contributed by atoms with Crippen LogP contribution in [-0.2, 0) is 11.2 Å². The van der Waals surface area contributed by atoms with E-state index in [-0.39, 0.29) is 11.6 Å². The van der Waals surface area contributed by atoms with Crippen molar-refractivity contribution in [1.82, 2.24) is 0 Å². The zero-order chi connectivity index (χ0) is 15.5. The second kappa shape index (κ2) is 6.19. The molecular weight excluding hydrogens is 300 g/mol. The predicted molar refractivity (Wildman–Crippen MR) is 86.3 cm³/mol. The SMILES string of the molecule is O=C(CSc1ccccc1)N1CCc2ccc([N+](=O)[O-])cc21. The molecule has 0 saturated heterocycles. The summed E-state index contributed by atoms with van der Waals surface area (Å²) in [6, 6.07) is 14.4. The quantitative estimate of drug-likeness (QED) is 0.493. The molecule has 1 aliphatic rings. The molecular formula is C16H14N2O3S. The number of nitrogens with zero attached hydrogens (tertiary/aromatic N) is 2. The largest absolute Gasteiger partial charge is 0.311 e. The Morgan fingerprint density at radius 3 is 2.73 bits per heavy atom. The summed E-state index contributed by atoms with van der Waals surface area (Å²) in [6.07, 6.45) is 0.745. The average Bonchev–Trinajstić information content (AvgIpc) is 2.96. The van der Waals surface area contributed by atoms with Crippen LogP contribution in [0.1, 0.15) is 5.56 Å². The second-order valence-corrected chi connectivity index (χ2v) is 6.02. The molecule has 1 heterocycles. The number of thioether (sulfide) groups is 1. The molecule has 1 amide bonds. The number of non-ortho nitro benzene ring substituents is 1. The fraction of sp³-hybridized carbons (Fsp3) is 0.188. The molecule has 2 aromatic carbocycles. The highest BCUT2D eigenvalue weighted by Crippen LogP contribution is 2.32. The average molecular weight is 314 g/mol. The number of benzene rings is 2. The summed E-state index contributed by atoms with van der Waals surface area (Å²) in [5.74, 6) is 0.305. The van der Waals surface area contributed by atoms with Gasteiger partial charge in [0.2, 0.25) is 5.91 Å². The molecule has 1 aliphatic heterocycles. The van der Waals surface area contributed by atoms with E-state index >= 15 is 0 Å². The fourth-order valence-corrected chi connectivity index (χ4v) is 3.28. The molecule has 0 radical (unpaired) electrons. The van der Waals surface area contributed by atoms with Crippen LogP contribution in [0, 0.1) is 10.1 Å². The summed E-state index contributed by atoms with van der Waals surface area (Å²) in [6.45, 7) is 0.588. The van der Waals surface area contributed by atoms with Gasteiger partial charge in [-0.05, 0) is 24.1 Å². The number of hydrogen-bond acceptors (Lipinski definition) is 4. The summed E-state index contributed by atoms with van der Waals surface area (Å²) in [4.78, 5) is 25.5. The van der Waals surface area contributed by atoms with Gasteiger partial charge in [-0.25, -0.2) is 0 Å². The monoisotopic (exact) mass is 314 g/mol. The number of nitro groups is 1. The lowest BCUT2D eigenvalue weighted by molar-refractivity contribution is -0.384. The summed E-state index contributed by atoms with van der Waals surface area (Å²) < 4.78 is 0. The van der Waals surface area contributed by atoms with Crippen molar-refractivity contribution in [3.8, 4) is 0 Å². The Kier molecular flexibility index (Phi) is 4.11. The molecule has 0 atom stereocenters. The van der Waals surface area contributed by atoms with Gasteiger partial charge < -0.3 is 4.90 Å². The topological polar surface area (TPSA) is 63.5 Å². The molecule has 0 bridgehead atoms. The molecule has 0 aromatic heterocycles. The summed E-state index contributed by atoms with van der Waals surface area (Å²) >= 11 is 1.48. The van der Waals surface area contributed by atoms with Crippen LogP contribution in [0.2, 0.25) is 0 Å². The first kappa shape index (κ1) is 14.6. The minimum Gasteiger partial charge on any atom is -0.311 e. The second-order valence-electron chi connectivity index (χ2n) is 4.97. The predicted octanol–water partition coefficient (Wildman–Crippen LogP) is 3.28. The van der Waals surface area contributed by atoms with Crippen LogP contribution >= 0.6 is 11.8 Å². The first-order valence-corrected chi connectivity index (χ1v) is 7.89. The van der Waals surface area contributed by atoms with Gasteiger partial charge in [0.25, 0.3) is 5.69 Å². The Hall–Kier alpha value is -2.34. The normalized spacial score (nSPS) is 13.0. The molecule has 5 nitrogen and oxygen atoms in total. The fourth-order valence-electron chi connectivity index (χ4n) is 2.48. The molecule has 0 N–H and O–H groups in total. The standard InChI is InChI=1S/C16H14N2O3S/c19-16(11-22-14-4-2-1-3-5-14)17-9-8-12-6-7-13(18(20)21)10-15(12)17/h1-7,10H,8-9,11H2. The van der Waals surface area contributed by atoms with Crippen molar-refractivity contribution in [2.45, 2.75) is 11.3 Å². The van der Waals surface area contributed by atoms with Crippen LogP contribution < -0.4 is 4.90 Å². The number of carbonyl (C=O) groups excluding carboxylic acids is 1. The smallest absolute Gasteiger partial charge is 0.271 e. The first-order valence-electron chi connectivity index (χ1n) is 6.90. The lowest BCUT2D eigenvalue weighted by atomic mass is 10.1. The lowest BCUT2D eigenvalue weighted by Gasteiger charge is -2.17. The van der Waals surface area contributed by atoms with Crippen LogP contribution in [0.15, 0.2) is 53.4 Å². The van der Waals surface area contributed by atoms with E-state index in [0.717, 1.165) is 16.9 Å². The summed E-state index contributed by atoms with van der Waals surface area (Å²) in [7, 11) is 0. The van der Waals surface area contributed by atoms with E-state index in [1.165, 1.54) is 23.9 Å². The number of anilines is 1. The van der Waals surface area contributed by atoms with E-state index in [4.69, 9.17) is 0 Å². The molecule has 22 heavy (non-hydrogen) atoms. The van der Waals surface area contributed by atoms with Crippen LogP contribution in [0.5, 0.6) is 0 Å². The van der Waals surface area contributed by atoms with E-state index in [2.05, 4.69) is 0 Å². The Labute approximate surface area is 132 Å². The highest BCUT2D eigenvalue weighted by Gasteiger charge is 2.26. The van der Waals surface area contributed by atoms with Crippen molar-refractivity contribution in [3.05, 3.63) is 64.2 Å². The Morgan fingerprint density at radius 2 is 2.00 bits per heavy atom. The van der Waals surface area contributed by atoms with Crippen molar-refractivity contribution in [2.75, 3.05) is 17.2 Å². The van der Waals surface area contributed by atoms with E-state index in [0.29, 0.717) is 18.0 Å². The van der Waals surface area contributed by atoms with Gasteiger partial charge in [-0.15, -0.1) is 11.8 Å². The highest BCUT2D eigenvalue weighted by molar-refractivity contribution is 8.00. The van der Waals surface area contributed by atoms with Gasteiger partial charge in [-0.3, -0.25) is 14.9 Å². The van der Waals surface area contributed by atoms with E-state index < -0.39 is 4.92 Å². The highest BCUT2D eigenvalue weighted by atomic mass is 32.2. The van der Waals surface area contributed by atoms with Crippen molar-refractivity contribution in [3.63, 3.8) is 0 Å². The van der Waals surface area contributed by atoms with E-state index in [9.17, 15) is 14.9 Å². The zero-order valence-electron chi connectivity index (χ0n) is 11.8. The minimum atomic E-state index is -0.431. The maximum Gasteiger partial charge on any atom is 0.271 e. The first-order chi connectivity index (χ1) is 10.6. The molecule has 0 aliphatic carbocycles. The number of nitro benzene ring substituents is 1. The number of rotatable bonds is 4. The third-order valence-electron chi connectivity index (χ3n) is 3.58. The third kappa shape index (κ3) is 2.96. The molecule has 0 spiro atoms. The third-order valence-corrected chi connectivity index (χ3v) is 4.58. The van der Waals surface area contributed by atoms with Gasteiger partial charge in [0.15, 0.2) is 0 Å². The number of carbonyl (C=O) groups is 1. The zero-order valence-corrected chi connectivity index (χ0v) is 12.6. The Morgan fingerprint density at radius 1 is 1.23 bits per heavy atom. The summed E-state index contributed by atoms with van der Waals surface area (Å²) in [5, 5.41) is 10.9. The van der Waals surface area contributed by atoms with Crippen molar-refractivity contribution in [2.24, 2.45) is 0 Å². The lowest BCUT2D eigenvalue weighted by Crippen LogP contribution is -2.30. The summed E-state index contributed by atoms with van der Waals surface area (Å²) in [5.41, 5.74) is 1.69. The molecule has 2 aromatic rings. The molecule has 112 valence electrons. The molecule has 0 saturated carbocycles. The van der Waals surface area contributed by atoms with Crippen molar-refractivity contribution >= 4 is 29.0 Å². The van der Waals surface area contributed by atoms with Gasteiger partial charge in [-0.1, -0.05) is 24.3 Å². The van der Waals surface area contributed by atoms with E-state index in [1.54, 1.807) is 11.0 Å². The van der Waals surface area contributed by atoms with Gasteiger partial charge in [0.05, 0.1) is 16.4 Å². The van der Waals surface area contributed by atoms with Crippen molar-refractivity contribution in [1.29, 1.82) is 0 Å². The molecule has 0 fully saturated rings. The molecule has 3 rings (SSSR count). The van der Waals surface area contributed by atoms with Crippen LogP contribution in [0.3, 0.4) is 0 Å². The van der Waals surface area contributed by atoms with E-state index in [1.807, 2.05) is 30.3 Å². The van der Waals surface area contributed by atoms with Gasteiger partial charge in [0, 0.05) is 23.6 Å². The van der Waals surface area contributed by atoms with Crippen molar-refractivity contribution < 1.29 is 9.72 Å². The van der Waals surface area contributed by atoms with Gasteiger partial charge >= 0.3 is 0 Å². The van der Waals surface area contributed by atoms with Crippen LogP contribution in [0.4, 0.5) is 11.4 Å². The van der Waals surface area contributed by atoms with Gasteiger partial charge in [-0.2, -0.15) is 0 Å². The Balaban J connectivity index is 1.73. The maximum atomic E-state index is 12.4. The van der Waals surface area contributed by atoms with Crippen LogP contribution in [0.25, 0.3) is 0 Å². The Bertz CT molecular complexity index is 719. The number of amides is 1. The number of hydrogen-bond donors (Lipinski definition) is 0. The number of fused-ring (bicyclic) bond motifs is 1. The molecule has 0 unspecified atom stereocenters. The van der Waals surface area contributed by atoms with Gasteiger partial charge in [0.1, 0.15) is 0 Å². The van der Waals surface area contributed by atoms with Crippen LogP contribution in [-0.4, -0.2) is 23.1 Å². The maximum absolute atomic E-state index is 12.4. The minimum absolute atomic E-state index is 0.0203.